The zero-order chi connectivity index (χ0) is 21.3. The van der Waals surface area contributed by atoms with E-state index in [0.717, 1.165) is 30.5 Å². The summed E-state index contributed by atoms with van der Waals surface area (Å²) in [6.45, 7) is 3.05. The number of anilines is 2. The van der Waals surface area contributed by atoms with E-state index in [-0.39, 0.29) is 33.9 Å². The van der Waals surface area contributed by atoms with Gasteiger partial charge >= 0.3 is 0 Å². The molecular formula is C22H25N3O4S. The van der Waals surface area contributed by atoms with Crippen molar-refractivity contribution in [2.24, 2.45) is 5.92 Å². The lowest BCUT2D eigenvalue weighted by Crippen LogP contribution is -2.30. The Morgan fingerprint density at radius 1 is 1.13 bits per heavy atom. The minimum Gasteiger partial charge on any atom is -0.352 e. The maximum Gasteiger partial charge on any atom is 0.261 e. The van der Waals surface area contributed by atoms with Crippen LogP contribution in [0.15, 0.2) is 47.4 Å². The third-order valence-electron chi connectivity index (χ3n) is 5.40. The molecule has 2 aromatic rings. The Morgan fingerprint density at radius 2 is 1.90 bits per heavy atom. The number of carbonyl (C=O) groups is 2. The van der Waals surface area contributed by atoms with Crippen molar-refractivity contribution in [2.45, 2.75) is 37.5 Å². The molecule has 2 N–H and O–H groups in total. The molecule has 1 fully saturated rings. The molecule has 4 rings (SSSR count). The van der Waals surface area contributed by atoms with Gasteiger partial charge in [0.25, 0.3) is 15.9 Å². The number of nitrogens with one attached hydrogen (secondary N) is 2. The van der Waals surface area contributed by atoms with Gasteiger partial charge in [0.2, 0.25) is 5.91 Å². The normalized spacial score (nSPS) is 15.6. The van der Waals surface area contributed by atoms with Crippen LogP contribution in [0.25, 0.3) is 0 Å². The molecule has 0 spiro atoms. The number of para-hydroxylation sites is 1. The van der Waals surface area contributed by atoms with Crippen LogP contribution in [0.4, 0.5) is 11.4 Å². The van der Waals surface area contributed by atoms with Crippen LogP contribution in [-0.4, -0.2) is 33.3 Å². The van der Waals surface area contributed by atoms with E-state index in [1.165, 1.54) is 6.07 Å². The first-order valence-electron chi connectivity index (χ1n) is 10.2. The first-order valence-corrected chi connectivity index (χ1v) is 11.7. The Labute approximate surface area is 176 Å². The van der Waals surface area contributed by atoms with E-state index in [4.69, 9.17) is 0 Å². The summed E-state index contributed by atoms with van der Waals surface area (Å²) in [5.74, 6) is -0.0655. The first kappa shape index (κ1) is 20.4. The van der Waals surface area contributed by atoms with Crippen molar-refractivity contribution < 1.29 is 18.0 Å². The minimum atomic E-state index is -3.89. The van der Waals surface area contributed by atoms with Gasteiger partial charge < -0.3 is 10.2 Å². The highest BCUT2D eigenvalue weighted by molar-refractivity contribution is 7.92. The summed E-state index contributed by atoms with van der Waals surface area (Å²) in [4.78, 5) is 26.7. The van der Waals surface area contributed by atoms with Gasteiger partial charge in [0.05, 0.1) is 16.1 Å². The fraction of sp³-hybridized carbons (Fsp3) is 0.364. The lowest BCUT2D eigenvalue weighted by molar-refractivity contribution is -0.119. The van der Waals surface area contributed by atoms with Crippen LogP contribution < -0.4 is 14.9 Å². The van der Waals surface area contributed by atoms with E-state index in [2.05, 4.69) is 10.0 Å². The van der Waals surface area contributed by atoms with Crippen molar-refractivity contribution in [3.8, 4) is 0 Å². The van der Waals surface area contributed by atoms with Gasteiger partial charge in [-0.15, -0.1) is 0 Å². The molecule has 30 heavy (non-hydrogen) atoms. The first-order chi connectivity index (χ1) is 14.4. The fourth-order valence-corrected chi connectivity index (χ4v) is 4.76. The topological polar surface area (TPSA) is 95.6 Å². The second kappa shape index (κ2) is 8.10. The Hall–Kier alpha value is -2.87. The van der Waals surface area contributed by atoms with Crippen molar-refractivity contribution in [1.82, 2.24) is 5.32 Å². The molecule has 0 radical (unpaired) electrons. The van der Waals surface area contributed by atoms with E-state index >= 15 is 0 Å². The van der Waals surface area contributed by atoms with E-state index in [9.17, 15) is 18.0 Å². The molecule has 1 aliphatic carbocycles. The van der Waals surface area contributed by atoms with Crippen LogP contribution in [0.2, 0.25) is 0 Å². The van der Waals surface area contributed by atoms with Crippen LogP contribution in [0, 0.1) is 5.92 Å². The van der Waals surface area contributed by atoms with Crippen LogP contribution in [0.1, 0.15) is 42.1 Å². The molecule has 0 unspecified atom stereocenters. The molecule has 1 heterocycles. The lowest BCUT2D eigenvalue weighted by Gasteiger charge is -2.17. The summed E-state index contributed by atoms with van der Waals surface area (Å²) >= 11 is 0. The van der Waals surface area contributed by atoms with Crippen LogP contribution >= 0.6 is 0 Å². The second-order valence-electron chi connectivity index (χ2n) is 7.71. The monoisotopic (exact) mass is 427 g/mol. The van der Waals surface area contributed by atoms with Crippen molar-refractivity contribution in [1.29, 1.82) is 0 Å². The minimum absolute atomic E-state index is 0.116. The number of rotatable bonds is 7. The van der Waals surface area contributed by atoms with Gasteiger partial charge in [-0.25, -0.2) is 8.42 Å². The Kier molecular flexibility index (Phi) is 5.51. The Bertz CT molecular complexity index is 1090. The molecule has 2 aliphatic rings. The highest BCUT2D eigenvalue weighted by Gasteiger charge is 2.36. The van der Waals surface area contributed by atoms with Crippen molar-refractivity contribution in [3.05, 3.63) is 53.6 Å². The molecule has 1 saturated carbocycles. The second-order valence-corrected chi connectivity index (χ2v) is 9.39. The molecule has 0 saturated heterocycles. The molecule has 0 atom stereocenters. The smallest absolute Gasteiger partial charge is 0.261 e. The quantitative estimate of drug-likeness (QED) is 0.710. The van der Waals surface area contributed by atoms with Crippen LogP contribution in [-0.2, 0) is 21.2 Å². The molecule has 158 valence electrons. The summed E-state index contributed by atoms with van der Waals surface area (Å²) in [6, 6.07) is 11.4. The highest BCUT2D eigenvalue weighted by Crippen LogP contribution is 2.37. The van der Waals surface area contributed by atoms with Crippen LogP contribution in [0.5, 0.6) is 0 Å². The maximum atomic E-state index is 13.0. The number of carbonyl (C=O) groups excluding carboxylic acids is 2. The number of hydrogen-bond acceptors (Lipinski definition) is 4. The lowest BCUT2D eigenvalue weighted by atomic mass is 10.1. The average molecular weight is 428 g/mol. The van der Waals surface area contributed by atoms with Crippen molar-refractivity contribution in [3.63, 3.8) is 0 Å². The van der Waals surface area contributed by atoms with Gasteiger partial charge in [0.1, 0.15) is 0 Å². The number of benzene rings is 2. The Balaban J connectivity index is 1.57. The predicted octanol–water partition coefficient (Wildman–Crippen LogP) is 2.93. The van der Waals surface area contributed by atoms with E-state index < -0.39 is 10.0 Å². The molecule has 1 aliphatic heterocycles. The van der Waals surface area contributed by atoms with E-state index in [1.807, 2.05) is 6.92 Å². The summed E-state index contributed by atoms with van der Waals surface area (Å²) in [5, 5.41) is 2.77. The molecule has 2 aromatic carbocycles. The number of sulfonamides is 1. The Morgan fingerprint density at radius 3 is 2.63 bits per heavy atom. The number of fused-ring (bicyclic) bond motifs is 1. The molecule has 2 amide bonds. The van der Waals surface area contributed by atoms with Crippen LogP contribution in [0.3, 0.4) is 0 Å². The SMILES string of the molecule is CCCNC(=O)c1ccccc1NS(=O)(=O)c1ccc2c(c1)CCN2C(=O)C1CC1. The van der Waals surface area contributed by atoms with Gasteiger partial charge in [-0.3, -0.25) is 14.3 Å². The van der Waals surface area contributed by atoms with Gasteiger partial charge in [0.15, 0.2) is 0 Å². The zero-order valence-electron chi connectivity index (χ0n) is 16.8. The summed E-state index contributed by atoms with van der Waals surface area (Å²) in [7, 11) is -3.89. The number of hydrogen-bond donors (Lipinski definition) is 2. The molecule has 0 aromatic heterocycles. The zero-order valence-corrected chi connectivity index (χ0v) is 17.7. The maximum absolute atomic E-state index is 13.0. The summed E-state index contributed by atoms with van der Waals surface area (Å²) < 4.78 is 28.5. The van der Waals surface area contributed by atoms with Gasteiger partial charge in [-0.05, 0) is 61.6 Å². The van der Waals surface area contributed by atoms with E-state index in [1.54, 1.807) is 41.3 Å². The standard InChI is InChI=1S/C22H25N3O4S/c1-2-12-23-21(26)18-5-3-4-6-19(18)24-30(28,29)17-9-10-20-16(14-17)11-13-25(20)22(27)15-7-8-15/h3-6,9-10,14-15,24H,2,7-8,11-13H2,1H3,(H,23,26). The molecule has 0 bridgehead atoms. The van der Waals surface area contributed by atoms with Crippen molar-refractivity contribution >= 4 is 33.2 Å². The molecule has 8 heteroatoms. The third kappa shape index (κ3) is 4.05. The van der Waals surface area contributed by atoms with Gasteiger partial charge in [-0.2, -0.15) is 0 Å². The van der Waals surface area contributed by atoms with Gasteiger partial charge in [-0.1, -0.05) is 19.1 Å². The number of nitrogens with zero attached hydrogens (tertiary/aromatic N) is 1. The van der Waals surface area contributed by atoms with Gasteiger partial charge in [0, 0.05) is 24.7 Å². The van der Waals surface area contributed by atoms with E-state index in [0.29, 0.717) is 19.5 Å². The third-order valence-corrected chi connectivity index (χ3v) is 6.76. The molecule has 7 nitrogen and oxygen atoms in total. The fourth-order valence-electron chi connectivity index (χ4n) is 3.63. The number of amides is 2. The molecular weight excluding hydrogens is 402 g/mol. The highest BCUT2D eigenvalue weighted by atomic mass is 32.2. The summed E-state index contributed by atoms with van der Waals surface area (Å²) in [6.07, 6.45) is 3.29. The average Bonchev–Trinajstić information content (AvgIpc) is 3.50. The largest absolute Gasteiger partial charge is 0.352 e. The predicted molar refractivity (Wildman–Crippen MR) is 115 cm³/mol. The summed E-state index contributed by atoms with van der Waals surface area (Å²) in [5.41, 5.74) is 2.15. The van der Waals surface area contributed by atoms with Crippen molar-refractivity contribution in [2.75, 3.05) is 22.7 Å².